The Morgan fingerprint density at radius 2 is 1.54 bits per heavy atom. The number of Topliss-reactive ketones (excluding diaryl/α,β-unsaturated/α-hetero) is 1. The van der Waals surface area contributed by atoms with Crippen molar-refractivity contribution in [3.05, 3.63) is 71.8 Å². The molecule has 0 heterocycles. The van der Waals surface area contributed by atoms with Crippen LogP contribution in [-0.4, -0.2) is 23.2 Å². The van der Waals surface area contributed by atoms with E-state index in [1.807, 2.05) is 60.7 Å². The van der Waals surface area contributed by atoms with Crippen LogP contribution in [-0.2, 0) is 22.6 Å². The number of alkyl carbamates (subject to hydrolysis) is 1. The largest absolute Gasteiger partial charge is 0.445 e. The minimum atomic E-state index is -0.578. The van der Waals surface area contributed by atoms with Gasteiger partial charge < -0.3 is 10.1 Å². The van der Waals surface area contributed by atoms with Crippen LogP contribution in [0, 0.1) is 0 Å². The molecular weight excluding hydrogens is 370 g/mol. The molecule has 0 spiro atoms. The minimum absolute atomic E-state index is 0.0670. The number of benzene rings is 2. The van der Waals surface area contributed by atoms with Crippen LogP contribution in [0.25, 0.3) is 0 Å². The predicted octanol–water partition coefficient (Wildman–Crippen LogP) is 3.88. The van der Waals surface area contributed by atoms with Crippen molar-refractivity contribution < 1.29 is 14.3 Å². The SMILES string of the molecule is O=C(NC(CCc1ccccc1)C(=O)CBr)OCc1ccccc1. The van der Waals surface area contributed by atoms with Gasteiger partial charge in [-0.1, -0.05) is 76.6 Å². The van der Waals surface area contributed by atoms with E-state index in [2.05, 4.69) is 21.2 Å². The molecule has 0 aliphatic heterocycles. The van der Waals surface area contributed by atoms with E-state index in [-0.39, 0.29) is 17.7 Å². The number of alkyl halides is 1. The van der Waals surface area contributed by atoms with Crippen molar-refractivity contribution in [3.63, 3.8) is 0 Å². The number of amides is 1. The van der Waals surface area contributed by atoms with Crippen LogP contribution >= 0.6 is 15.9 Å². The third kappa shape index (κ3) is 6.16. The van der Waals surface area contributed by atoms with E-state index in [4.69, 9.17) is 4.74 Å². The van der Waals surface area contributed by atoms with Crippen LogP contribution in [0.3, 0.4) is 0 Å². The van der Waals surface area contributed by atoms with Crippen LogP contribution in [0.15, 0.2) is 60.7 Å². The lowest BCUT2D eigenvalue weighted by Gasteiger charge is -2.16. The molecule has 4 nitrogen and oxygen atoms in total. The quantitative estimate of drug-likeness (QED) is 0.696. The highest BCUT2D eigenvalue weighted by Gasteiger charge is 2.20. The molecule has 0 radical (unpaired) electrons. The summed E-state index contributed by atoms with van der Waals surface area (Å²) in [5.74, 6) is -0.0670. The lowest BCUT2D eigenvalue weighted by atomic mass is 10.0. The van der Waals surface area contributed by atoms with Crippen molar-refractivity contribution in [1.82, 2.24) is 5.32 Å². The molecule has 5 heteroatoms. The molecule has 24 heavy (non-hydrogen) atoms. The number of nitrogens with one attached hydrogen (secondary N) is 1. The number of hydrogen-bond acceptors (Lipinski definition) is 3. The molecule has 0 saturated heterocycles. The van der Waals surface area contributed by atoms with Gasteiger partial charge in [0.1, 0.15) is 6.61 Å². The van der Waals surface area contributed by atoms with E-state index < -0.39 is 12.1 Å². The summed E-state index contributed by atoms with van der Waals surface area (Å²) in [5.41, 5.74) is 2.03. The fraction of sp³-hybridized carbons (Fsp3) is 0.263. The van der Waals surface area contributed by atoms with Gasteiger partial charge in [-0.2, -0.15) is 0 Å². The first-order chi connectivity index (χ1) is 11.7. The third-order valence-electron chi connectivity index (χ3n) is 3.59. The molecule has 1 N–H and O–H groups in total. The second kappa shape index (κ2) is 9.88. The maximum absolute atomic E-state index is 12.0. The average molecular weight is 390 g/mol. The lowest BCUT2D eigenvalue weighted by Crippen LogP contribution is -2.42. The summed E-state index contributed by atoms with van der Waals surface area (Å²) in [6, 6.07) is 18.7. The molecule has 2 aromatic carbocycles. The van der Waals surface area contributed by atoms with Crippen LogP contribution < -0.4 is 5.32 Å². The highest BCUT2D eigenvalue weighted by Crippen LogP contribution is 2.08. The fourth-order valence-corrected chi connectivity index (χ4v) is 2.66. The van der Waals surface area contributed by atoms with E-state index in [0.717, 1.165) is 11.1 Å². The normalized spacial score (nSPS) is 11.5. The number of aryl methyl sites for hydroxylation is 1. The molecule has 2 aromatic rings. The molecule has 1 atom stereocenters. The first kappa shape index (κ1) is 18.2. The smallest absolute Gasteiger partial charge is 0.408 e. The van der Waals surface area contributed by atoms with Crippen molar-refractivity contribution in [1.29, 1.82) is 0 Å². The molecule has 0 fully saturated rings. The van der Waals surface area contributed by atoms with E-state index in [0.29, 0.717) is 12.8 Å². The summed E-state index contributed by atoms with van der Waals surface area (Å²) >= 11 is 3.17. The maximum atomic E-state index is 12.0. The van der Waals surface area contributed by atoms with E-state index in [1.165, 1.54) is 0 Å². The standard InChI is InChI=1S/C19H20BrNO3/c20-13-18(22)17(12-11-15-7-3-1-4-8-15)21-19(23)24-14-16-9-5-2-6-10-16/h1-10,17H,11-14H2,(H,21,23). The number of rotatable bonds is 8. The summed E-state index contributed by atoms with van der Waals surface area (Å²) in [6.45, 7) is 0.181. The molecule has 0 aliphatic rings. The van der Waals surface area contributed by atoms with Gasteiger partial charge in [0.25, 0.3) is 0 Å². The number of carbonyl (C=O) groups is 2. The molecule has 1 unspecified atom stereocenters. The number of ketones is 1. The van der Waals surface area contributed by atoms with Crippen LogP contribution in [0.2, 0.25) is 0 Å². The second-order valence-electron chi connectivity index (χ2n) is 5.38. The Kier molecular flexibility index (Phi) is 7.49. The molecular formula is C19H20BrNO3. The Morgan fingerprint density at radius 3 is 2.12 bits per heavy atom. The van der Waals surface area contributed by atoms with E-state index in [1.54, 1.807) is 0 Å². The molecule has 0 saturated carbocycles. The molecule has 0 aromatic heterocycles. The van der Waals surface area contributed by atoms with Gasteiger partial charge in [0.2, 0.25) is 0 Å². The Balaban J connectivity index is 1.85. The summed E-state index contributed by atoms with van der Waals surface area (Å²) in [6.07, 6.45) is 0.671. The summed E-state index contributed by atoms with van der Waals surface area (Å²) in [4.78, 5) is 24.0. The van der Waals surface area contributed by atoms with E-state index >= 15 is 0 Å². The summed E-state index contributed by atoms with van der Waals surface area (Å²) in [7, 11) is 0. The van der Waals surface area contributed by atoms with E-state index in [9.17, 15) is 9.59 Å². The van der Waals surface area contributed by atoms with Crippen molar-refractivity contribution in [2.75, 3.05) is 5.33 Å². The highest BCUT2D eigenvalue weighted by atomic mass is 79.9. The highest BCUT2D eigenvalue weighted by molar-refractivity contribution is 9.09. The van der Waals surface area contributed by atoms with Gasteiger partial charge in [0.05, 0.1) is 11.4 Å². The topological polar surface area (TPSA) is 55.4 Å². The number of halogens is 1. The molecule has 2 rings (SSSR count). The zero-order chi connectivity index (χ0) is 17.2. The second-order valence-corrected chi connectivity index (χ2v) is 5.94. The lowest BCUT2D eigenvalue weighted by molar-refractivity contribution is -0.118. The first-order valence-corrected chi connectivity index (χ1v) is 8.91. The molecule has 0 aliphatic carbocycles. The molecule has 0 bridgehead atoms. The zero-order valence-corrected chi connectivity index (χ0v) is 14.9. The molecule has 1 amide bonds. The average Bonchev–Trinajstić information content (AvgIpc) is 2.64. The van der Waals surface area contributed by atoms with Crippen LogP contribution in [0.4, 0.5) is 4.79 Å². The number of carbonyl (C=O) groups excluding carboxylic acids is 2. The number of hydrogen-bond donors (Lipinski definition) is 1. The van der Waals surface area contributed by atoms with Crippen molar-refractivity contribution in [3.8, 4) is 0 Å². The Morgan fingerprint density at radius 1 is 0.958 bits per heavy atom. The van der Waals surface area contributed by atoms with Crippen molar-refractivity contribution in [2.24, 2.45) is 0 Å². The van der Waals surface area contributed by atoms with Gasteiger partial charge in [-0.15, -0.1) is 0 Å². The minimum Gasteiger partial charge on any atom is -0.445 e. The summed E-state index contributed by atoms with van der Waals surface area (Å²) in [5, 5.41) is 2.87. The Hall–Kier alpha value is -2.14. The maximum Gasteiger partial charge on any atom is 0.408 e. The van der Waals surface area contributed by atoms with Crippen LogP contribution in [0.5, 0.6) is 0 Å². The van der Waals surface area contributed by atoms with Gasteiger partial charge in [-0.05, 0) is 24.0 Å². The van der Waals surface area contributed by atoms with Gasteiger partial charge in [0, 0.05) is 0 Å². The van der Waals surface area contributed by atoms with Gasteiger partial charge in [-0.3, -0.25) is 4.79 Å². The predicted molar refractivity (Wildman–Crippen MR) is 97.1 cm³/mol. The van der Waals surface area contributed by atoms with Crippen molar-refractivity contribution >= 4 is 27.8 Å². The summed E-state index contributed by atoms with van der Waals surface area (Å²) < 4.78 is 5.19. The Labute approximate surface area is 150 Å². The van der Waals surface area contributed by atoms with Gasteiger partial charge in [0.15, 0.2) is 5.78 Å². The number of ether oxygens (including phenoxy) is 1. The molecule has 126 valence electrons. The first-order valence-electron chi connectivity index (χ1n) is 7.79. The van der Waals surface area contributed by atoms with Gasteiger partial charge >= 0.3 is 6.09 Å². The van der Waals surface area contributed by atoms with Crippen LogP contribution in [0.1, 0.15) is 17.5 Å². The zero-order valence-electron chi connectivity index (χ0n) is 13.3. The van der Waals surface area contributed by atoms with Crippen molar-refractivity contribution in [2.45, 2.75) is 25.5 Å². The Bertz CT molecular complexity index is 646. The fourth-order valence-electron chi connectivity index (χ4n) is 2.27. The third-order valence-corrected chi connectivity index (χ3v) is 4.14. The van der Waals surface area contributed by atoms with Gasteiger partial charge in [-0.25, -0.2) is 4.79 Å². The monoisotopic (exact) mass is 389 g/mol.